The standard InChI is InChI=1S/C12H21N3O3/c1-3-16-8-10-14-15-11(18-10)13-9-12(2)4-6-17-7-5-12/h3-9H2,1-2H3,(H,13,15). The van der Waals surface area contributed by atoms with E-state index in [1.54, 1.807) is 0 Å². The molecular formula is C12H21N3O3. The fraction of sp³-hybridized carbons (Fsp3) is 0.833. The lowest BCUT2D eigenvalue weighted by Gasteiger charge is -2.33. The minimum absolute atomic E-state index is 0.243. The van der Waals surface area contributed by atoms with Crippen molar-refractivity contribution < 1.29 is 13.9 Å². The summed E-state index contributed by atoms with van der Waals surface area (Å²) in [5.74, 6) is 0.511. The lowest BCUT2D eigenvalue weighted by molar-refractivity contribution is 0.0297. The first-order valence-electron chi connectivity index (χ1n) is 6.44. The number of nitrogens with one attached hydrogen (secondary N) is 1. The van der Waals surface area contributed by atoms with E-state index in [0.717, 1.165) is 32.6 Å². The quantitative estimate of drug-likeness (QED) is 0.836. The van der Waals surface area contributed by atoms with E-state index >= 15 is 0 Å². The van der Waals surface area contributed by atoms with E-state index in [4.69, 9.17) is 13.9 Å². The van der Waals surface area contributed by atoms with Gasteiger partial charge in [-0.05, 0) is 25.2 Å². The Morgan fingerprint density at radius 3 is 2.83 bits per heavy atom. The summed E-state index contributed by atoms with van der Waals surface area (Å²) < 4.78 is 16.0. The van der Waals surface area contributed by atoms with Gasteiger partial charge in [0, 0.05) is 26.4 Å². The van der Waals surface area contributed by atoms with E-state index in [9.17, 15) is 0 Å². The van der Waals surface area contributed by atoms with E-state index in [2.05, 4.69) is 22.4 Å². The second-order valence-electron chi connectivity index (χ2n) is 4.91. The maximum Gasteiger partial charge on any atom is 0.315 e. The zero-order valence-electron chi connectivity index (χ0n) is 11.1. The van der Waals surface area contributed by atoms with Crippen LogP contribution in [0.25, 0.3) is 0 Å². The van der Waals surface area contributed by atoms with Crippen molar-refractivity contribution in [1.82, 2.24) is 10.2 Å². The Balaban J connectivity index is 1.80. The maximum absolute atomic E-state index is 5.43. The van der Waals surface area contributed by atoms with Gasteiger partial charge in [-0.15, -0.1) is 5.10 Å². The molecule has 1 fully saturated rings. The molecule has 18 heavy (non-hydrogen) atoms. The predicted octanol–water partition coefficient (Wildman–Crippen LogP) is 1.83. The summed E-state index contributed by atoms with van der Waals surface area (Å²) in [6, 6.07) is 0.470. The lowest BCUT2D eigenvalue weighted by Crippen LogP contribution is -2.33. The van der Waals surface area contributed by atoms with E-state index in [1.165, 1.54) is 0 Å². The molecule has 1 aromatic rings. The second-order valence-corrected chi connectivity index (χ2v) is 4.91. The summed E-state index contributed by atoms with van der Waals surface area (Å²) >= 11 is 0. The highest BCUT2D eigenvalue weighted by Gasteiger charge is 2.27. The molecule has 0 unspecified atom stereocenters. The largest absolute Gasteiger partial charge is 0.406 e. The molecule has 1 N–H and O–H groups in total. The van der Waals surface area contributed by atoms with Gasteiger partial charge in [-0.25, -0.2) is 0 Å². The van der Waals surface area contributed by atoms with E-state index < -0.39 is 0 Å². The number of aromatic nitrogens is 2. The van der Waals surface area contributed by atoms with Gasteiger partial charge < -0.3 is 19.2 Å². The highest BCUT2D eigenvalue weighted by molar-refractivity contribution is 5.17. The number of rotatable bonds is 6. The van der Waals surface area contributed by atoms with E-state index in [0.29, 0.717) is 25.1 Å². The SMILES string of the molecule is CCOCc1nnc(NCC2(C)CCOCC2)o1. The molecule has 1 aliphatic heterocycles. The summed E-state index contributed by atoms with van der Waals surface area (Å²) in [5, 5.41) is 11.1. The minimum Gasteiger partial charge on any atom is -0.406 e. The molecule has 2 heterocycles. The summed E-state index contributed by atoms with van der Waals surface area (Å²) in [6.07, 6.45) is 2.11. The van der Waals surface area contributed by atoms with Crippen LogP contribution >= 0.6 is 0 Å². The van der Waals surface area contributed by atoms with Crippen LogP contribution in [0.5, 0.6) is 0 Å². The van der Waals surface area contributed by atoms with E-state index in [1.807, 2.05) is 6.92 Å². The van der Waals surface area contributed by atoms with Gasteiger partial charge in [-0.3, -0.25) is 0 Å². The van der Waals surface area contributed by atoms with Gasteiger partial charge in [-0.1, -0.05) is 12.0 Å². The smallest absolute Gasteiger partial charge is 0.315 e. The first-order chi connectivity index (χ1) is 8.72. The molecule has 0 spiro atoms. The van der Waals surface area contributed by atoms with E-state index in [-0.39, 0.29) is 5.41 Å². The Hall–Kier alpha value is -1.14. The van der Waals surface area contributed by atoms with Crippen LogP contribution in [0.1, 0.15) is 32.6 Å². The average Bonchev–Trinajstić information content (AvgIpc) is 2.83. The topological polar surface area (TPSA) is 69.4 Å². The molecule has 2 rings (SSSR count). The van der Waals surface area contributed by atoms with Crippen LogP contribution < -0.4 is 5.32 Å². The molecule has 6 heteroatoms. The van der Waals surface area contributed by atoms with Crippen LogP contribution in [0.2, 0.25) is 0 Å². The molecule has 0 aromatic carbocycles. The molecule has 0 aliphatic carbocycles. The summed E-state index contributed by atoms with van der Waals surface area (Å²) in [6.45, 7) is 7.68. The summed E-state index contributed by atoms with van der Waals surface area (Å²) in [4.78, 5) is 0. The molecule has 102 valence electrons. The molecular weight excluding hydrogens is 234 g/mol. The van der Waals surface area contributed by atoms with Crippen LogP contribution in [-0.4, -0.2) is 36.6 Å². The van der Waals surface area contributed by atoms with Crippen molar-refractivity contribution in [3.05, 3.63) is 5.89 Å². The van der Waals surface area contributed by atoms with Crippen molar-refractivity contribution in [2.75, 3.05) is 31.7 Å². The van der Waals surface area contributed by atoms with Crippen LogP contribution in [0, 0.1) is 5.41 Å². The first kappa shape index (κ1) is 13.3. The number of hydrogen-bond donors (Lipinski definition) is 1. The zero-order chi connectivity index (χ0) is 12.8. The van der Waals surface area contributed by atoms with Crippen molar-refractivity contribution in [3.63, 3.8) is 0 Å². The third-order valence-corrected chi connectivity index (χ3v) is 3.26. The minimum atomic E-state index is 0.243. The summed E-state index contributed by atoms with van der Waals surface area (Å²) in [5.41, 5.74) is 0.243. The fourth-order valence-corrected chi connectivity index (χ4v) is 1.90. The maximum atomic E-state index is 5.43. The highest BCUT2D eigenvalue weighted by atomic mass is 16.5. The van der Waals surface area contributed by atoms with Gasteiger partial charge in [0.2, 0.25) is 5.89 Å². The lowest BCUT2D eigenvalue weighted by atomic mass is 9.82. The third-order valence-electron chi connectivity index (χ3n) is 3.26. The summed E-state index contributed by atoms with van der Waals surface area (Å²) in [7, 11) is 0. The van der Waals surface area contributed by atoms with Crippen molar-refractivity contribution in [2.45, 2.75) is 33.3 Å². The molecule has 1 aliphatic rings. The monoisotopic (exact) mass is 255 g/mol. The van der Waals surface area contributed by atoms with Crippen molar-refractivity contribution in [2.24, 2.45) is 5.41 Å². The number of anilines is 1. The van der Waals surface area contributed by atoms with Crippen molar-refractivity contribution in [1.29, 1.82) is 0 Å². The van der Waals surface area contributed by atoms with Gasteiger partial charge in [-0.2, -0.15) is 0 Å². The van der Waals surface area contributed by atoms with Crippen LogP contribution in [0.3, 0.4) is 0 Å². The number of nitrogens with zero attached hydrogens (tertiary/aromatic N) is 2. The Labute approximate surface area is 107 Å². The van der Waals surface area contributed by atoms with Gasteiger partial charge in [0.25, 0.3) is 0 Å². The molecule has 0 bridgehead atoms. The van der Waals surface area contributed by atoms with Crippen LogP contribution in [0.4, 0.5) is 6.01 Å². The van der Waals surface area contributed by atoms with Crippen LogP contribution in [-0.2, 0) is 16.1 Å². The molecule has 0 saturated carbocycles. The van der Waals surface area contributed by atoms with Crippen molar-refractivity contribution in [3.8, 4) is 0 Å². The Kier molecular flexibility index (Phi) is 4.54. The zero-order valence-corrected chi connectivity index (χ0v) is 11.1. The number of hydrogen-bond acceptors (Lipinski definition) is 6. The Bertz CT molecular complexity index is 361. The molecule has 0 atom stereocenters. The average molecular weight is 255 g/mol. The van der Waals surface area contributed by atoms with Gasteiger partial charge >= 0.3 is 6.01 Å². The fourth-order valence-electron chi connectivity index (χ4n) is 1.90. The molecule has 0 radical (unpaired) electrons. The molecule has 0 amide bonds. The van der Waals surface area contributed by atoms with Gasteiger partial charge in [0.05, 0.1) is 0 Å². The third kappa shape index (κ3) is 3.68. The van der Waals surface area contributed by atoms with Gasteiger partial charge in [0.1, 0.15) is 6.61 Å². The van der Waals surface area contributed by atoms with Crippen LogP contribution in [0.15, 0.2) is 4.42 Å². The number of ether oxygens (including phenoxy) is 2. The molecule has 6 nitrogen and oxygen atoms in total. The Morgan fingerprint density at radius 2 is 2.11 bits per heavy atom. The first-order valence-corrected chi connectivity index (χ1v) is 6.44. The molecule has 1 aromatic heterocycles. The predicted molar refractivity (Wildman–Crippen MR) is 66.3 cm³/mol. The van der Waals surface area contributed by atoms with Crippen molar-refractivity contribution >= 4 is 6.01 Å². The van der Waals surface area contributed by atoms with Gasteiger partial charge in [0.15, 0.2) is 0 Å². The second kappa shape index (κ2) is 6.15. The highest BCUT2D eigenvalue weighted by Crippen LogP contribution is 2.29. The normalized spacial score (nSPS) is 18.8. The Morgan fingerprint density at radius 1 is 1.33 bits per heavy atom. The molecule has 1 saturated heterocycles.